The smallest absolute Gasteiger partial charge is 0.251 e. The van der Waals surface area contributed by atoms with Gasteiger partial charge in [-0.3, -0.25) is 9.59 Å². The Morgan fingerprint density at radius 1 is 1.02 bits per heavy atom. The molecule has 41 heavy (non-hydrogen) atoms. The average Bonchev–Trinajstić information content (AvgIpc) is 3.76. The van der Waals surface area contributed by atoms with Crippen molar-refractivity contribution in [2.45, 2.75) is 82.9 Å². The summed E-state index contributed by atoms with van der Waals surface area (Å²) in [7, 11) is 0. The van der Waals surface area contributed by atoms with Crippen LogP contribution in [0.5, 0.6) is 0 Å². The Morgan fingerprint density at radius 2 is 1.80 bits per heavy atom. The highest BCUT2D eigenvalue weighted by molar-refractivity contribution is 6.01. The number of amides is 1. The molecule has 2 aliphatic rings. The van der Waals surface area contributed by atoms with Crippen molar-refractivity contribution in [3.63, 3.8) is 0 Å². The number of anilines is 1. The van der Waals surface area contributed by atoms with Gasteiger partial charge in [-0.25, -0.2) is 0 Å². The number of Topliss-reactive ketones (excluding diaryl/α,β-unsaturated/α-hetero) is 1. The van der Waals surface area contributed by atoms with Crippen LogP contribution in [0.25, 0.3) is 0 Å². The van der Waals surface area contributed by atoms with Crippen molar-refractivity contribution >= 4 is 17.4 Å². The molecule has 1 aliphatic carbocycles. The van der Waals surface area contributed by atoms with Crippen LogP contribution < -0.4 is 16.0 Å². The number of fused-ring (bicyclic) bond motifs is 4. The molecule has 1 amide bonds. The zero-order valence-corrected chi connectivity index (χ0v) is 24.5. The van der Waals surface area contributed by atoms with Gasteiger partial charge in [-0.15, -0.1) is 0 Å². The first-order valence-corrected chi connectivity index (χ1v) is 15.0. The second-order valence-corrected chi connectivity index (χ2v) is 12.2. The lowest BCUT2D eigenvalue weighted by Crippen LogP contribution is -2.50. The van der Waals surface area contributed by atoms with Crippen LogP contribution in [0.3, 0.4) is 0 Å². The van der Waals surface area contributed by atoms with E-state index in [2.05, 4.69) is 78.3 Å². The van der Waals surface area contributed by atoms with E-state index in [1.165, 1.54) is 23.6 Å². The lowest BCUT2D eigenvalue weighted by molar-refractivity contribution is 0.0822. The molecule has 1 heterocycles. The van der Waals surface area contributed by atoms with E-state index in [0.29, 0.717) is 30.0 Å². The highest BCUT2D eigenvalue weighted by atomic mass is 16.3. The van der Waals surface area contributed by atoms with Crippen molar-refractivity contribution < 1.29 is 14.7 Å². The monoisotopic (exact) mass is 553 g/mol. The summed E-state index contributed by atoms with van der Waals surface area (Å²) >= 11 is 0. The van der Waals surface area contributed by atoms with Crippen LogP contribution in [0, 0.1) is 0 Å². The number of benzene rings is 3. The third kappa shape index (κ3) is 7.24. The second-order valence-electron chi connectivity index (χ2n) is 12.2. The minimum atomic E-state index is -0.808. The molecule has 0 spiro atoms. The number of rotatable bonds is 7. The number of aliphatic hydroxyl groups excluding tert-OH is 1. The van der Waals surface area contributed by atoms with Gasteiger partial charge >= 0.3 is 0 Å². The standard InChI is InChI=1S/C35H43N3O3/c1-23(2)27-11-7-12-30(19-27)35(13-14-35)37-22-33(40)32-17-26-10-6-9-25(16-26)8-4-5-15-36-31-20-28(24(3)39)18-29(21-31)34(41)38-32/h6-7,9-12,16,18-21,23,32-33,36-37,40H,4-5,8,13-15,17,22H2,1-3H3,(H,38,41)/t32-,33+/m0/s1. The maximum atomic E-state index is 13.6. The SMILES string of the molecule is CC(=O)c1cc2cc(c1)C(=O)N[C@H]([C@H](O)CNC1(c3cccc(C(C)C)c3)CC1)Cc1cccc(c1)CCCCN2. The van der Waals surface area contributed by atoms with Gasteiger partial charge in [0.25, 0.3) is 5.91 Å². The molecular formula is C35H43N3O3. The first-order valence-electron chi connectivity index (χ1n) is 15.0. The van der Waals surface area contributed by atoms with E-state index in [1.54, 1.807) is 18.2 Å². The normalized spacial score (nSPS) is 19.3. The molecule has 4 N–H and O–H groups in total. The molecule has 216 valence electrons. The summed E-state index contributed by atoms with van der Waals surface area (Å²) in [6.45, 7) is 7.04. The summed E-state index contributed by atoms with van der Waals surface area (Å²) in [4.78, 5) is 25.8. The van der Waals surface area contributed by atoms with E-state index in [0.717, 1.165) is 49.9 Å². The summed E-state index contributed by atoms with van der Waals surface area (Å²) in [5.41, 5.74) is 6.46. The van der Waals surface area contributed by atoms with Crippen LogP contribution >= 0.6 is 0 Å². The van der Waals surface area contributed by atoms with Gasteiger partial charge < -0.3 is 21.1 Å². The van der Waals surface area contributed by atoms with Crippen molar-refractivity contribution in [2.75, 3.05) is 18.4 Å². The zero-order valence-electron chi connectivity index (χ0n) is 24.5. The van der Waals surface area contributed by atoms with Crippen LogP contribution in [0.15, 0.2) is 66.7 Å². The fourth-order valence-corrected chi connectivity index (χ4v) is 5.78. The van der Waals surface area contributed by atoms with E-state index in [4.69, 9.17) is 0 Å². The van der Waals surface area contributed by atoms with Crippen LogP contribution in [0.4, 0.5) is 5.69 Å². The van der Waals surface area contributed by atoms with Gasteiger partial charge in [-0.1, -0.05) is 62.4 Å². The lowest BCUT2D eigenvalue weighted by atomic mass is 9.95. The number of aliphatic hydroxyl groups is 1. The molecule has 0 aromatic heterocycles. The summed E-state index contributed by atoms with van der Waals surface area (Å²) < 4.78 is 0. The molecule has 1 aliphatic heterocycles. The predicted octanol–water partition coefficient (Wildman–Crippen LogP) is 5.74. The Kier molecular flexibility index (Phi) is 8.91. The summed E-state index contributed by atoms with van der Waals surface area (Å²) in [6.07, 6.45) is 4.72. The Hall–Kier alpha value is -3.48. The van der Waals surface area contributed by atoms with Gasteiger partial charge in [-0.05, 0) is 91.8 Å². The van der Waals surface area contributed by atoms with E-state index in [-0.39, 0.29) is 17.2 Å². The first-order chi connectivity index (χ1) is 19.7. The van der Waals surface area contributed by atoms with Crippen LogP contribution in [-0.2, 0) is 18.4 Å². The van der Waals surface area contributed by atoms with Crippen LogP contribution in [0.1, 0.15) is 95.3 Å². The molecule has 6 nitrogen and oxygen atoms in total. The largest absolute Gasteiger partial charge is 0.390 e. The van der Waals surface area contributed by atoms with Gasteiger partial charge in [0.05, 0.1) is 12.1 Å². The molecule has 4 bridgehead atoms. The molecule has 2 atom stereocenters. The number of carbonyl (C=O) groups is 2. The fraction of sp³-hybridized carbons (Fsp3) is 0.429. The minimum absolute atomic E-state index is 0.0892. The summed E-state index contributed by atoms with van der Waals surface area (Å²) in [6, 6.07) is 21.9. The number of carbonyl (C=O) groups excluding carboxylic acids is 2. The Balaban J connectivity index is 1.39. The fourth-order valence-electron chi connectivity index (χ4n) is 5.78. The molecule has 3 aromatic rings. The second kappa shape index (κ2) is 12.6. The van der Waals surface area contributed by atoms with E-state index < -0.39 is 12.1 Å². The average molecular weight is 554 g/mol. The Labute approximate surface area is 244 Å². The van der Waals surface area contributed by atoms with Gasteiger partial charge in [-0.2, -0.15) is 0 Å². The molecule has 3 aromatic carbocycles. The summed E-state index contributed by atoms with van der Waals surface area (Å²) in [5, 5.41) is 21.7. The Bertz CT molecular complexity index is 1390. The molecule has 0 unspecified atom stereocenters. The van der Waals surface area contributed by atoms with Crippen molar-refractivity contribution in [2.24, 2.45) is 0 Å². The van der Waals surface area contributed by atoms with Crippen molar-refractivity contribution in [1.29, 1.82) is 0 Å². The van der Waals surface area contributed by atoms with E-state index >= 15 is 0 Å². The first kappa shape index (κ1) is 29.0. The third-order valence-electron chi connectivity index (χ3n) is 8.56. The molecule has 1 fully saturated rings. The molecule has 0 radical (unpaired) electrons. The molecule has 1 saturated carbocycles. The van der Waals surface area contributed by atoms with Crippen molar-refractivity contribution in [3.05, 3.63) is 100 Å². The summed E-state index contributed by atoms with van der Waals surface area (Å²) in [5.74, 6) is 0.0687. The molecular weight excluding hydrogens is 510 g/mol. The van der Waals surface area contributed by atoms with Gasteiger partial charge in [0.2, 0.25) is 0 Å². The zero-order chi connectivity index (χ0) is 29.0. The highest BCUT2D eigenvalue weighted by Gasteiger charge is 2.44. The van der Waals surface area contributed by atoms with E-state index in [9.17, 15) is 14.7 Å². The number of aryl methyl sites for hydroxylation is 1. The van der Waals surface area contributed by atoms with Crippen LogP contribution in [-0.4, -0.2) is 42.0 Å². The predicted molar refractivity (Wildman–Crippen MR) is 165 cm³/mol. The van der Waals surface area contributed by atoms with Crippen molar-refractivity contribution in [1.82, 2.24) is 10.6 Å². The lowest BCUT2D eigenvalue weighted by Gasteiger charge is -2.28. The van der Waals surface area contributed by atoms with Gasteiger partial charge in [0, 0.05) is 35.4 Å². The maximum Gasteiger partial charge on any atom is 0.251 e. The van der Waals surface area contributed by atoms with Gasteiger partial charge in [0.1, 0.15) is 0 Å². The van der Waals surface area contributed by atoms with Gasteiger partial charge in [0.15, 0.2) is 5.78 Å². The highest BCUT2D eigenvalue weighted by Crippen LogP contribution is 2.46. The van der Waals surface area contributed by atoms with E-state index in [1.807, 2.05) is 0 Å². The van der Waals surface area contributed by atoms with Crippen LogP contribution in [0.2, 0.25) is 0 Å². The Morgan fingerprint density at radius 3 is 2.56 bits per heavy atom. The maximum absolute atomic E-state index is 13.6. The topological polar surface area (TPSA) is 90.5 Å². The van der Waals surface area contributed by atoms with Crippen molar-refractivity contribution in [3.8, 4) is 0 Å². The minimum Gasteiger partial charge on any atom is -0.390 e. The number of ketones is 1. The quantitative estimate of drug-likeness (QED) is 0.280. The molecule has 5 rings (SSSR count). The third-order valence-corrected chi connectivity index (χ3v) is 8.56. The number of hydrogen-bond donors (Lipinski definition) is 4. The molecule has 6 heteroatoms. The number of nitrogens with one attached hydrogen (secondary N) is 3. The number of hydrogen-bond acceptors (Lipinski definition) is 5. The molecule has 0 saturated heterocycles.